The number of carbonyl (C=O) groups excluding carboxylic acids is 1. The average molecular weight is 223 g/mol. The van der Waals surface area contributed by atoms with Gasteiger partial charge in [-0.3, -0.25) is 4.79 Å². The molecule has 0 saturated heterocycles. The van der Waals surface area contributed by atoms with Crippen LogP contribution >= 0.6 is 11.3 Å². The first kappa shape index (κ1) is 10.4. The molecule has 0 N–H and O–H groups in total. The molecular formula is C11H13NO2S. The van der Waals surface area contributed by atoms with Gasteiger partial charge in [0.2, 0.25) is 5.78 Å². The zero-order valence-electron chi connectivity index (χ0n) is 8.66. The van der Waals surface area contributed by atoms with E-state index < -0.39 is 0 Å². The van der Waals surface area contributed by atoms with E-state index in [1.54, 1.807) is 11.3 Å². The summed E-state index contributed by atoms with van der Waals surface area (Å²) >= 11 is 1.57. The van der Waals surface area contributed by atoms with Gasteiger partial charge in [-0.25, -0.2) is 4.98 Å². The molecule has 0 spiro atoms. The van der Waals surface area contributed by atoms with Crippen molar-refractivity contribution in [3.8, 4) is 0 Å². The highest BCUT2D eigenvalue weighted by molar-refractivity contribution is 7.09. The molecule has 0 radical (unpaired) electrons. The summed E-state index contributed by atoms with van der Waals surface area (Å²) < 4.78 is 5.31. The van der Waals surface area contributed by atoms with Gasteiger partial charge in [0.05, 0.1) is 23.7 Å². The molecule has 2 rings (SSSR count). The molecule has 1 aromatic heterocycles. The molecule has 1 aliphatic rings. The van der Waals surface area contributed by atoms with E-state index in [2.05, 4.69) is 4.98 Å². The molecule has 0 saturated carbocycles. The van der Waals surface area contributed by atoms with Crippen LogP contribution in [0.3, 0.4) is 0 Å². The summed E-state index contributed by atoms with van der Waals surface area (Å²) in [5, 5.41) is 2.92. The van der Waals surface area contributed by atoms with E-state index in [9.17, 15) is 4.79 Å². The number of nitrogens with zero attached hydrogens (tertiary/aromatic N) is 1. The van der Waals surface area contributed by atoms with Crippen LogP contribution in [0.25, 0.3) is 0 Å². The predicted molar refractivity (Wildman–Crippen MR) is 58.8 cm³/mol. The van der Waals surface area contributed by atoms with Crippen LogP contribution < -0.4 is 0 Å². The van der Waals surface area contributed by atoms with Crippen molar-refractivity contribution in [1.82, 2.24) is 4.98 Å². The fraction of sp³-hybridized carbons (Fsp3) is 0.455. The van der Waals surface area contributed by atoms with E-state index >= 15 is 0 Å². The number of ether oxygens (including phenoxy) is 1. The third kappa shape index (κ3) is 2.65. The summed E-state index contributed by atoms with van der Waals surface area (Å²) in [5.41, 5.74) is 0.845. The number of ketones is 1. The van der Waals surface area contributed by atoms with Crippen LogP contribution in [0.15, 0.2) is 17.2 Å². The average Bonchev–Trinajstić information content (AvgIpc) is 2.65. The van der Waals surface area contributed by atoms with Gasteiger partial charge >= 0.3 is 0 Å². The SMILES string of the molecule is Cc1nc(CC(=O)C2=CCCCO2)cs1. The van der Waals surface area contributed by atoms with Gasteiger partial charge in [-0.1, -0.05) is 0 Å². The molecule has 4 heteroatoms. The van der Waals surface area contributed by atoms with Crippen molar-refractivity contribution >= 4 is 17.1 Å². The van der Waals surface area contributed by atoms with Gasteiger partial charge in [0, 0.05) is 5.38 Å². The molecule has 0 amide bonds. The highest BCUT2D eigenvalue weighted by atomic mass is 32.1. The van der Waals surface area contributed by atoms with E-state index in [1.165, 1.54) is 0 Å². The van der Waals surface area contributed by atoms with Crippen molar-refractivity contribution in [2.75, 3.05) is 6.61 Å². The van der Waals surface area contributed by atoms with E-state index in [0.29, 0.717) is 18.8 Å². The molecule has 1 aromatic rings. The maximum absolute atomic E-state index is 11.7. The lowest BCUT2D eigenvalue weighted by molar-refractivity contribution is -0.118. The summed E-state index contributed by atoms with van der Waals surface area (Å²) in [7, 11) is 0. The fourth-order valence-electron chi connectivity index (χ4n) is 1.49. The number of rotatable bonds is 3. The Balaban J connectivity index is 2.00. The zero-order chi connectivity index (χ0) is 10.7. The Hall–Kier alpha value is -1.16. The number of allylic oxidation sites excluding steroid dienone is 2. The second-order valence-electron chi connectivity index (χ2n) is 3.52. The first-order chi connectivity index (χ1) is 7.25. The molecule has 1 aliphatic heterocycles. The maximum atomic E-state index is 11.7. The Morgan fingerprint density at radius 2 is 2.53 bits per heavy atom. The maximum Gasteiger partial charge on any atom is 0.202 e. The van der Waals surface area contributed by atoms with Crippen molar-refractivity contribution in [2.24, 2.45) is 0 Å². The van der Waals surface area contributed by atoms with E-state index in [-0.39, 0.29) is 5.78 Å². The van der Waals surface area contributed by atoms with Crippen LogP contribution in [0.2, 0.25) is 0 Å². The second-order valence-corrected chi connectivity index (χ2v) is 4.58. The summed E-state index contributed by atoms with van der Waals surface area (Å²) in [5.74, 6) is 0.562. The minimum Gasteiger partial charge on any atom is -0.490 e. The van der Waals surface area contributed by atoms with Gasteiger partial charge in [0.1, 0.15) is 0 Å². The standard InChI is InChI=1S/C11H13NO2S/c1-8-12-9(7-15-8)6-10(13)11-4-2-3-5-14-11/h4,7H,2-3,5-6H2,1H3. The minimum absolute atomic E-state index is 0.0417. The van der Waals surface area contributed by atoms with Crippen LogP contribution in [0.5, 0.6) is 0 Å². The zero-order valence-corrected chi connectivity index (χ0v) is 9.47. The van der Waals surface area contributed by atoms with Crippen LogP contribution in [0.1, 0.15) is 23.5 Å². The largest absolute Gasteiger partial charge is 0.490 e. The Kier molecular flexibility index (Phi) is 3.16. The van der Waals surface area contributed by atoms with Crippen molar-refractivity contribution < 1.29 is 9.53 Å². The highest BCUT2D eigenvalue weighted by Gasteiger charge is 2.15. The van der Waals surface area contributed by atoms with E-state index in [4.69, 9.17) is 4.74 Å². The monoisotopic (exact) mass is 223 g/mol. The molecule has 0 atom stereocenters. The molecule has 80 valence electrons. The van der Waals surface area contributed by atoms with Crippen LogP contribution in [0, 0.1) is 6.92 Å². The number of thiazole rings is 1. The summed E-state index contributed by atoms with van der Waals surface area (Å²) in [4.78, 5) is 16.0. The van der Waals surface area contributed by atoms with Gasteiger partial charge in [-0.05, 0) is 25.8 Å². The molecular weight excluding hydrogens is 210 g/mol. The third-order valence-corrected chi connectivity index (χ3v) is 3.04. The number of hydrogen-bond donors (Lipinski definition) is 0. The molecule has 0 unspecified atom stereocenters. The van der Waals surface area contributed by atoms with Crippen LogP contribution in [-0.2, 0) is 16.0 Å². The Morgan fingerprint density at radius 3 is 3.13 bits per heavy atom. The third-order valence-electron chi connectivity index (χ3n) is 2.22. The lowest BCUT2D eigenvalue weighted by atomic mass is 10.1. The van der Waals surface area contributed by atoms with Gasteiger partial charge in [0.15, 0.2) is 5.76 Å². The normalized spacial score (nSPS) is 15.7. The van der Waals surface area contributed by atoms with Gasteiger partial charge in [-0.2, -0.15) is 0 Å². The molecule has 0 fully saturated rings. The van der Waals surface area contributed by atoms with Crippen molar-refractivity contribution in [2.45, 2.75) is 26.2 Å². The second kappa shape index (κ2) is 4.57. The summed E-state index contributed by atoms with van der Waals surface area (Å²) in [6, 6.07) is 0. The van der Waals surface area contributed by atoms with E-state index in [1.807, 2.05) is 18.4 Å². The first-order valence-electron chi connectivity index (χ1n) is 5.03. The topological polar surface area (TPSA) is 39.2 Å². The Labute approximate surface area is 92.8 Å². The minimum atomic E-state index is 0.0417. The first-order valence-corrected chi connectivity index (χ1v) is 5.91. The number of aryl methyl sites for hydroxylation is 1. The van der Waals surface area contributed by atoms with E-state index in [0.717, 1.165) is 23.5 Å². The van der Waals surface area contributed by atoms with Crippen molar-refractivity contribution in [3.05, 3.63) is 27.9 Å². The molecule has 0 bridgehead atoms. The Morgan fingerprint density at radius 1 is 1.67 bits per heavy atom. The molecule has 2 heterocycles. The quantitative estimate of drug-likeness (QED) is 0.789. The molecule has 3 nitrogen and oxygen atoms in total. The van der Waals surface area contributed by atoms with Crippen LogP contribution in [-0.4, -0.2) is 17.4 Å². The highest BCUT2D eigenvalue weighted by Crippen LogP contribution is 2.15. The Bertz CT molecular complexity index is 395. The number of hydrogen-bond acceptors (Lipinski definition) is 4. The summed E-state index contributed by atoms with van der Waals surface area (Å²) in [6.07, 6.45) is 4.19. The van der Waals surface area contributed by atoms with Crippen LogP contribution in [0.4, 0.5) is 0 Å². The van der Waals surface area contributed by atoms with Crippen molar-refractivity contribution in [1.29, 1.82) is 0 Å². The van der Waals surface area contributed by atoms with Gasteiger partial charge in [-0.15, -0.1) is 11.3 Å². The number of carbonyl (C=O) groups is 1. The number of aromatic nitrogens is 1. The number of Topliss-reactive ketones (excluding diaryl/α,β-unsaturated/α-hetero) is 1. The lowest BCUT2D eigenvalue weighted by Gasteiger charge is -2.12. The summed E-state index contributed by atoms with van der Waals surface area (Å²) in [6.45, 7) is 2.60. The molecule has 15 heavy (non-hydrogen) atoms. The smallest absolute Gasteiger partial charge is 0.202 e. The fourth-order valence-corrected chi connectivity index (χ4v) is 2.11. The van der Waals surface area contributed by atoms with Gasteiger partial charge in [0.25, 0.3) is 0 Å². The molecule has 0 aromatic carbocycles. The lowest BCUT2D eigenvalue weighted by Crippen LogP contribution is -2.13. The van der Waals surface area contributed by atoms with Gasteiger partial charge < -0.3 is 4.74 Å². The van der Waals surface area contributed by atoms with Crippen molar-refractivity contribution in [3.63, 3.8) is 0 Å². The molecule has 0 aliphatic carbocycles. The predicted octanol–water partition coefficient (Wildman–Crippen LogP) is 2.26.